The fraction of sp³-hybridized carbons (Fsp3) is 0.214. The number of carbonyl (C=O) groups excluding carboxylic acids is 2. The summed E-state index contributed by atoms with van der Waals surface area (Å²) in [6.07, 6.45) is 0. The summed E-state index contributed by atoms with van der Waals surface area (Å²) < 4.78 is 22.2. The molecule has 0 aromatic heterocycles. The van der Waals surface area contributed by atoms with Crippen LogP contribution in [-0.4, -0.2) is 26.2 Å². The van der Waals surface area contributed by atoms with Crippen molar-refractivity contribution in [2.75, 3.05) is 14.2 Å². The molecule has 8 heteroatoms. The van der Waals surface area contributed by atoms with E-state index in [4.69, 9.17) is 18.9 Å². The fourth-order valence-electron chi connectivity index (χ4n) is 3.88. The highest BCUT2D eigenvalue weighted by Gasteiger charge is 2.32. The maximum atomic E-state index is 13.1. The van der Waals surface area contributed by atoms with Crippen LogP contribution < -0.4 is 24.8 Å². The molecule has 3 aromatic rings. The first-order valence-corrected chi connectivity index (χ1v) is 11.4. The van der Waals surface area contributed by atoms with Crippen LogP contribution in [0, 0.1) is 0 Å². The molecule has 0 spiro atoms. The van der Waals surface area contributed by atoms with Gasteiger partial charge in [-0.2, -0.15) is 0 Å². The van der Waals surface area contributed by atoms with Crippen molar-refractivity contribution >= 4 is 12.0 Å². The Kier molecular flexibility index (Phi) is 7.75. The summed E-state index contributed by atoms with van der Waals surface area (Å²) >= 11 is 0. The molecule has 1 unspecified atom stereocenters. The quantitative estimate of drug-likeness (QED) is 0.426. The summed E-state index contributed by atoms with van der Waals surface area (Å²) in [5.41, 5.74) is 3.22. The van der Waals surface area contributed by atoms with Crippen LogP contribution in [0.2, 0.25) is 0 Å². The van der Waals surface area contributed by atoms with Crippen molar-refractivity contribution in [2.24, 2.45) is 0 Å². The van der Waals surface area contributed by atoms with Gasteiger partial charge in [0.05, 0.1) is 25.8 Å². The van der Waals surface area contributed by atoms with Crippen molar-refractivity contribution < 1.29 is 28.5 Å². The molecule has 0 saturated heterocycles. The van der Waals surface area contributed by atoms with E-state index in [9.17, 15) is 9.59 Å². The number of rotatable bonds is 9. The lowest BCUT2D eigenvalue weighted by molar-refractivity contribution is -0.140. The van der Waals surface area contributed by atoms with Gasteiger partial charge in [-0.1, -0.05) is 48.5 Å². The molecule has 0 bridgehead atoms. The number of urea groups is 1. The Bertz CT molecular complexity index is 1250. The highest BCUT2D eigenvalue weighted by molar-refractivity contribution is 5.95. The lowest BCUT2D eigenvalue weighted by Crippen LogP contribution is -2.45. The van der Waals surface area contributed by atoms with Gasteiger partial charge in [0, 0.05) is 5.70 Å². The van der Waals surface area contributed by atoms with Gasteiger partial charge in [-0.25, -0.2) is 9.59 Å². The predicted octanol–water partition coefficient (Wildman–Crippen LogP) is 4.65. The zero-order valence-corrected chi connectivity index (χ0v) is 20.4. The van der Waals surface area contributed by atoms with E-state index in [1.165, 1.54) is 0 Å². The molecule has 0 saturated carbocycles. The SMILES string of the molecule is COc1ccc(COC(=O)C2=C(C)NC(=O)NC2c2ccc(OCc3ccccc3)c(OC)c2)cc1. The fourth-order valence-corrected chi connectivity index (χ4v) is 3.88. The molecule has 0 fully saturated rings. The summed E-state index contributed by atoms with van der Waals surface area (Å²) in [5.74, 6) is 1.21. The van der Waals surface area contributed by atoms with Gasteiger partial charge in [-0.15, -0.1) is 0 Å². The van der Waals surface area contributed by atoms with Crippen molar-refractivity contribution in [1.29, 1.82) is 0 Å². The lowest BCUT2D eigenvalue weighted by atomic mass is 9.95. The highest BCUT2D eigenvalue weighted by Crippen LogP contribution is 2.35. The van der Waals surface area contributed by atoms with Crippen molar-refractivity contribution in [1.82, 2.24) is 10.6 Å². The molecule has 1 aliphatic rings. The smallest absolute Gasteiger partial charge is 0.338 e. The minimum Gasteiger partial charge on any atom is -0.497 e. The Morgan fingerprint density at radius 2 is 1.58 bits per heavy atom. The second kappa shape index (κ2) is 11.3. The molecule has 8 nitrogen and oxygen atoms in total. The van der Waals surface area contributed by atoms with Crippen molar-refractivity contribution in [2.45, 2.75) is 26.2 Å². The maximum absolute atomic E-state index is 13.1. The van der Waals surface area contributed by atoms with E-state index in [-0.39, 0.29) is 6.61 Å². The number of methoxy groups -OCH3 is 2. The second-order valence-electron chi connectivity index (χ2n) is 8.18. The van der Waals surface area contributed by atoms with Crippen LogP contribution in [-0.2, 0) is 22.7 Å². The number of benzene rings is 3. The Labute approximate surface area is 209 Å². The van der Waals surface area contributed by atoms with Crippen LogP contribution in [0.15, 0.2) is 84.1 Å². The van der Waals surface area contributed by atoms with Crippen molar-refractivity contribution in [3.63, 3.8) is 0 Å². The molecule has 36 heavy (non-hydrogen) atoms. The lowest BCUT2D eigenvalue weighted by Gasteiger charge is -2.28. The molecule has 0 aliphatic carbocycles. The van der Waals surface area contributed by atoms with Crippen molar-refractivity contribution in [3.05, 3.63) is 101 Å². The van der Waals surface area contributed by atoms with Gasteiger partial charge in [0.25, 0.3) is 0 Å². The highest BCUT2D eigenvalue weighted by atomic mass is 16.5. The van der Waals surface area contributed by atoms with E-state index < -0.39 is 18.0 Å². The molecule has 4 rings (SSSR count). The van der Waals surface area contributed by atoms with Crippen LogP contribution in [0.3, 0.4) is 0 Å². The number of amides is 2. The second-order valence-corrected chi connectivity index (χ2v) is 8.18. The van der Waals surface area contributed by atoms with E-state index in [1.807, 2.05) is 42.5 Å². The summed E-state index contributed by atoms with van der Waals surface area (Å²) in [7, 11) is 3.13. The number of hydrogen-bond donors (Lipinski definition) is 2. The number of esters is 1. The summed E-state index contributed by atoms with van der Waals surface area (Å²) in [4.78, 5) is 25.4. The first-order chi connectivity index (χ1) is 17.5. The number of carbonyl (C=O) groups is 2. The van der Waals surface area contributed by atoms with Gasteiger partial charge in [0.2, 0.25) is 0 Å². The standard InChI is InChI=1S/C28H28N2O6/c1-18-25(27(31)36-17-20-9-12-22(33-2)13-10-20)26(30-28(32)29-18)21-11-14-23(24(15-21)34-3)35-16-19-7-5-4-6-8-19/h4-15,26H,16-17H2,1-3H3,(H2,29,30,32). The normalized spacial score (nSPS) is 15.0. The van der Waals surface area contributed by atoms with E-state index >= 15 is 0 Å². The third kappa shape index (κ3) is 5.78. The Morgan fingerprint density at radius 3 is 2.28 bits per heavy atom. The Morgan fingerprint density at radius 1 is 0.861 bits per heavy atom. The van der Waals surface area contributed by atoms with E-state index in [0.717, 1.165) is 11.1 Å². The Balaban J connectivity index is 1.53. The topological polar surface area (TPSA) is 95.1 Å². The number of hydrogen-bond acceptors (Lipinski definition) is 6. The van der Waals surface area contributed by atoms with Crippen LogP contribution >= 0.6 is 0 Å². The molecule has 0 radical (unpaired) electrons. The number of ether oxygens (including phenoxy) is 4. The molecule has 186 valence electrons. The average molecular weight is 489 g/mol. The number of allylic oxidation sites excluding steroid dienone is 1. The minimum atomic E-state index is -0.723. The van der Waals surface area contributed by atoms with Gasteiger partial charge in [0.1, 0.15) is 19.0 Å². The molecule has 1 aliphatic heterocycles. The van der Waals surface area contributed by atoms with Gasteiger partial charge in [-0.05, 0) is 47.9 Å². The minimum absolute atomic E-state index is 0.0792. The largest absolute Gasteiger partial charge is 0.497 e. The van der Waals surface area contributed by atoms with E-state index in [0.29, 0.717) is 40.7 Å². The van der Waals surface area contributed by atoms with E-state index in [2.05, 4.69) is 10.6 Å². The molecular formula is C28H28N2O6. The van der Waals surface area contributed by atoms with Crippen molar-refractivity contribution in [3.8, 4) is 17.2 Å². The number of nitrogens with one attached hydrogen (secondary N) is 2. The average Bonchev–Trinajstić information content (AvgIpc) is 2.91. The van der Waals surface area contributed by atoms with Crippen LogP contribution in [0.25, 0.3) is 0 Å². The van der Waals surface area contributed by atoms with Crippen LogP contribution in [0.5, 0.6) is 17.2 Å². The molecular weight excluding hydrogens is 460 g/mol. The van der Waals surface area contributed by atoms with Gasteiger partial charge in [-0.3, -0.25) is 0 Å². The molecule has 1 atom stereocenters. The summed E-state index contributed by atoms with van der Waals surface area (Å²) in [6, 6.07) is 21.2. The molecule has 2 N–H and O–H groups in total. The zero-order chi connectivity index (χ0) is 25.5. The predicted molar refractivity (Wildman–Crippen MR) is 134 cm³/mol. The third-order valence-corrected chi connectivity index (χ3v) is 5.78. The molecule has 3 aromatic carbocycles. The van der Waals surface area contributed by atoms with Gasteiger partial charge in [0.15, 0.2) is 11.5 Å². The molecule has 2 amide bonds. The Hall–Kier alpha value is -4.46. The van der Waals surface area contributed by atoms with Crippen LogP contribution in [0.1, 0.15) is 29.7 Å². The molecule has 1 heterocycles. The maximum Gasteiger partial charge on any atom is 0.338 e. The van der Waals surface area contributed by atoms with E-state index in [1.54, 1.807) is 51.5 Å². The zero-order valence-electron chi connectivity index (χ0n) is 20.4. The monoisotopic (exact) mass is 488 g/mol. The van der Waals surface area contributed by atoms with Crippen LogP contribution in [0.4, 0.5) is 4.79 Å². The third-order valence-electron chi connectivity index (χ3n) is 5.78. The van der Waals surface area contributed by atoms with Gasteiger partial charge >= 0.3 is 12.0 Å². The summed E-state index contributed by atoms with van der Waals surface area (Å²) in [5, 5.41) is 5.47. The first-order valence-electron chi connectivity index (χ1n) is 11.4. The first kappa shape index (κ1) is 24.7. The summed E-state index contributed by atoms with van der Waals surface area (Å²) in [6.45, 7) is 2.13. The van der Waals surface area contributed by atoms with Gasteiger partial charge < -0.3 is 29.6 Å².